The summed E-state index contributed by atoms with van der Waals surface area (Å²) in [6.45, 7) is 3.72. The number of benzene rings is 1. The summed E-state index contributed by atoms with van der Waals surface area (Å²) in [6, 6.07) is 6.01. The van der Waals surface area contributed by atoms with Gasteiger partial charge in [0.1, 0.15) is 23.9 Å². The van der Waals surface area contributed by atoms with Gasteiger partial charge in [0, 0.05) is 37.1 Å². The molecule has 0 aliphatic carbocycles. The van der Waals surface area contributed by atoms with Crippen molar-refractivity contribution < 1.29 is 42.1 Å². The Bertz CT molecular complexity index is 932. The highest BCUT2D eigenvalue weighted by atomic mass is 19.3. The van der Waals surface area contributed by atoms with Crippen LogP contribution in [0.5, 0.6) is 5.75 Å². The van der Waals surface area contributed by atoms with Crippen molar-refractivity contribution in [3.05, 3.63) is 41.1 Å². The molecule has 1 aromatic carbocycles. The molecule has 0 N–H and O–H groups in total. The van der Waals surface area contributed by atoms with Crippen molar-refractivity contribution in [3.8, 4) is 5.75 Å². The Balaban J connectivity index is 2.62. The molecule has 1 aromatic rings. The average molecular weight is 484 g/mol. The Labute approximate surface area is 197 Å². The summed E-state index contributed by atoms with van der Waals surface area (Å²) < 4.78 is 52.2. The quantitative estimate of drug-likeness (QED) is 0.441. The number of hydrogen-bond acceptors (Lipinski definition) is 8. The number of carbonyl (C=O) groups excluding carboxylic acids is 2. The zero-order valence-electron chi connectivity index (χ0n) is 20.2. The Kier molecular flexibility index (Phi) is 10.1. The van der Waals surface area contributed by atoms with Crippen LogP contribution in [-0.2, 0) is 28.5 Å². The first kappa shape index (κ1) is 27.4. The molecule has 0 amide bonds. The van der Waals surface area contributed by atoms with Crippen LogP contribution >= 0.6 is 0 Å². The fourth-order valence-electron chi connectivity index (χ4n) is 3.94. The molecule has 188 valence electrons. The number of ether oxygens (including phenoxy) is 5. The Morgan fingerprint density at radius 1 is 1.00 bits per heavy atom. The number of esters is 2. The lowest BCUT2D eigenvalue weighted by Crippen LogP contribution is -2.39. The number of allylic oxidation sites excluding steroid dienone is 1. The van der Waals surface area contributed by atoms with Crippen LogP contribution < -0.4 is 4.74 Å². The zero-order valence-corrected chi connectivity index (χ0v) is 20.2. The van der Waals surface area contributed by atoms with E-state index in [1.165, 1.54) is 32.4 Å². The predicted molar refractivity (Wildman–Crippen MR) is 120 cm³/mol. The summed E-state index contributed by atoms with van der Waals surface area (Å²) >= 11 is 0. The molecule has 0 saturated carbocycles. The molecule has 4 atom stereocenters. The lowest BCUT2D eigenvalue weighted by Gasteiger charge is -2.33. The van der Waals surface area contributed by atoms with Crippen LogP contribution in [0.25, 0.3) is 0 Å². The molecule has 0 saturated heterocycles. The van der Waals surface area contributed by atoms with Gasteiger partial charge in [-0.3, -0.25) is 9.79 Å². The summed E-state index contributed by atoms with van der Waals surface area (Å²) in [7, 11) is 2.94. The number of methoxy groups -OCH3 is 2. The van der Waals surface area contributed by atoms with Crippen LogP contribution in [0.1, 0.15) is 39.2 Å². The molecule has 0 spiro atoms. The molecule has 1 heterocycles. The van der Waals surface area contributed by atoms with Crippen molar-refractivity contribution in [2.24, 2.45) is 10.9 Å². The molecule has 0 aromatic heterocycles. The van der Waals surface area contributed by atoms with Crippen LogP contribution in [-0.4, -0.2) is 63.9 Å². The summed E-state index contributed by atoms with van der Waals surface area (Å²) in [6.07, 6.45) is -1.17. The number of carbonyl (C=O) groups is 2. The molecule has 0 radical (unpaired) electrons. The molecule has 4 unspecified atom stereocenters. The largest absolute Gasteiger partial charge is 0.460 e. The van der Waals surface area contributed by atoms with Crippen molar-refractivity contribution in [2.75, 3.05) is 27.4 Å². The summed E-state index contributed by atoms with van der Waals surface area (Å²) in [5.41, 5.74) is 0.938. The van der Waals surface area contributed by atoms with Crippen molar-refractivity contribution in [1.82, 2.24) is 0 Å². The summed E-state index contributed by atoms with van der Waals surface area (Å²) in [5.74, 6) is -3.69. The highest BCUT2D eigenvalue weighted by molar-refractivity contribution is 6.07. The topological polar surface area (TPSA) is 92.7 Å². The molecule has 34 heavy (non-hydrogen) atoms. The van der Waals surface area contributed by atoms with Gasteiger partial charge in [-0.05, 0) is 33.8 Å². The predicted octanol–water partition coefficient (Wildman–Crippen LogP) is 3.89. The van der Waals surface area contributed by atoms with Gasteiger partial charge in [-0.2, -0.15) is 8.78 Å². The minimum Gasteiger partial charge on any atom is -0.460 e. The number of alkyl halides is 2. The van der Waals surface area contributed by atoms with Crippen molar-refractivity contribution >= 4 is 17.7 Å². The highest BCUT2D eigenvalue weighted by Crippen LogP contribution is 2.44. The number of para-hydroxylation sites is 1. The van der Waals surface area contributed by atoms with E-state index in [2.05, 4.69) is 4.99 Å². The van der Waals surface area contributed by atoms with E-state index in [0.717, 1.165) is 0 Å². The average Bonchev–Trinajstić information content (AvgIpc) is 2.73. The van der Waals surface area contributed by atoms with E-state index >= 15 is 0 Å². The number of nitrogens with zero attached hydrogens (tertiary/aromatic N) is 1. The Morgan fingerprint density at radius 2 is 1.59 bits per heavy atom. The van der Waals surface area contributed by atoms with Gasteiger partial charge in [-0.15, -0.1) is 0 Å². The van der Waals surface area contributed by atoms with Crippen LogP contribution in [0, 0.1) is 5.92 Å². The third-order valence-electron chi connectivity index (χ3n) is 5.20. The second-order valence-electron chi connectivity index (χ2n) is 8.00. The molecule has 2 rings (SSSR count). The molecule has 1 aliphatic rings. The number of halogens is 2. The smallest absolute Gasteiger partial charge is 0.387 e. The first-order valence-electron chi connectivity index (χ1n) is 10.8. The minimum absolute atomic E-state index is 0.0558. The van der Waals surface area contributed by atoms with E-state index in [1.807, 2.05) is 0 Å². The molecule has 0 bridgehead atoms. The van der Waals surface area contributed by atoms with Gasteiger partial charge < -0.3 is 23.7 Å². The van der Waals surface area contributed by atoms with Crippen LogP contribution in [0.2, 0.25) is 0 Å². The van der Waals surface area contributed by atoms with Crippen LogP contribution in [0.15, 0.2) is 40.5 Å². The molecule has 8 nitrogen and oxygen atoms in total. The SMILES string of the molecule is COCC(C)OC(=O)C1=C(C)N=C(C)C(C(=O)OC(C)COC)C1c1ccccc1OC(F)F. The third-order valence-corrected chi connectivity index (χ3v) is 5.20. The lowest BCUT2D eigenvalue weighted by atomic mass is 9.75. The number of rotatable bonds is 11. The number of hydrogen-bond donors (Lipinski definition) is 0. The fourth-order valence-corrected chi connectivity index (χ4v) is 3.94. The number of aliphatic imine (C=N–C) groups is 1. The van der Waals surface area contributed by atoms with Gasteiger partial charge in [0.15, 0.2) is 0 Å². The zero-order chi connectivity index (χ0) is 25.4. The summed E-state index contributed by atoms with van der Waals surface area (Å²) in [4.78, 5) is 30.9. The standard InChI is InChI=1S/C24H31F2NO7/c1-13(11-30-5)32-22(28)19-15(3)27-16(4)20(23(29)33-14(2)12-31-6)21(19)17-9-7-8-10-18(17)34-24(25)26/h7-10,13-14,19,21,24H,11-12H2,1-6H3. The van der Waals surface area contributed by atoms with Gasteiger partial charge in [0.05, 0.1) is 18.8 Å². The van der Waals surface area contributed by atoms with Crippen molar-refractivity contribution in [3.63, 3.8) is 0 Å². The van der Waals surface area contributed by atoms with Gasteiger partial charge >= 0.3 is 18.6 Å². The van der Waals surface area contributed by atoms with Crippen molar-refractivity contribution in [1.29, 1.82) is 0 Å². The van der Waals surface area contributed by atoms with E-state index in [-0.39, 0.29) is 30.1 Å². The first-order chi connectivity index (χ1) is 16.1. The fraction of sp³-hybridized carbons (Fsp3) is 0.542. The summed E-state index contributed by atoms with van der Waals surface area (Å²) in [5, 5.41) is 0. The maximum atomic E-state index is 13.3. The van der Waals surface area contributed by atoms with Crippen LogP contribution in [0.3, 0.4) is 0 Å². The van der Waals surface area contributed by atoms with Gasteiger partial charge in [-0.1, -0.05) is 18.2 Å². The minimum atomic E-state index is -3.10. The molecule has 0 fully saturated rings. The van der Waals surface area contributed by atoms with E-state index in [9.17, 15) is 18.4 Å². The second-order valence-corrected chi connectivity index (χ2v) is 8.00. The first-order valence-corrected chi connectivity index (χ1v) is 10.8. The molecular formula is C24H31F2NO7. The molecule has 10 heteroatoms. The van der Waals surface area contributed by atoms with Gasteiger partial charge in [-0.25, -0.2) is 4.79 Å². The normalized spacial score (nSPS) is 20.0. The van der Waals surface area contributed by atoms with Crippen LogP contribution in [0.4, 0.5) is 8.78 Å². The lowest BCUT2D eigenvalue weighted by molar-refractivity contribution is -0.153. The van der Waals surface area contributed by atoms with E-state index in [1.54, 1.807) is 33.8 Å². The van der Waals surface area contributed by atoms with E-state index < -0.39 is 42.6 Å². The molecule has 1 aliphatic heterocycles. The second kappa shape index (κ2) is 12.6. The molecular weight excluding hydrogens is 452 g/mol. The van der Waals surface area contributed by atoms with Gasteiger partial charge in [0.2, 0.25) is 0 Å². The maximum absolute atomic E-state index is 13.3. The Morgan fingerprint density at radius 3 is 2.18 bits per heavy atom. The van der Waals surface area contributed by atoms with Crippen molar-refractivity contribution in [2.45, 2.75) is 52.4 Å². The monoisotopic (exact) mass is 483 g/mol. The van der Waals surface area contributed by atoms with E-state index in [0.29, 0.717) is 11.4 Å². The van der Waals surface area contributed by atoms with E-state index in [4.69, 9.17) is 23.7 Å². The maximum Gasteiger partial charge on any atom is 0.387 e. The third kappa shape index (κ3) is 6.83. The Hall–Kier alpha value is -2.85. The van der Waals surface area contributed by atoms with Gasteiger partial charge in [0.25, 0.3) is 0 Å². The highest BCUT2D eigenvalue weighted by Gasteiger charge is 2.44.